The maximum absolute atomic E-state index is 11.7. The number of esters is 1. The third kappa shape index (κ3) is 6.05. The minimum atomic E-state index is -0.789. The molecule has 0 bridgehead atoms. The molecular formula is C17H13N3O7. The monoisotopic (exact) mass is 371 g/mol. The molecule has 10 heteroatoms. The minimum Gasteiger partial charge on any atom is -0.452 e. The highest BCUT2D eigenvalue weighted by Crippen LogP contribution is 2.17. The molecule has 0 aliphatic rings. The minimum absolute atomic E-state index is 0.0763. The van der Waals surface area contributed by atoms with E-state index in [2.05, 4.69) is 5.32 Å². The lowest BCUT2D eigenvalue weighted by Crippen LogP contribution is -2.20. The third-order valence-electron chi connectivity index (χ3n) is 3.20. The first kappa shape index (κ1) is 19.2. The Labute approximate surface area is 152 Å². The van der Waals surface area contributed by atoms with Crippen molar-refractivity contribution in [2.45, 2.75) is 0 Å². The lowest BCUT2D eigenvalue weighted by Gasteiger charge is -2.05. The number of benzene rings is 2. The first-order chi connectivity index (χ1) is 12.8. The molecule has 0 heterocycles. The highest BCUT2D eigenvalue weighted by Gasteiger charge is 2.09. The summed E-state index contributed by atoms with van der Waals surface area (Å²) in [6.45, 7) is -0.577. The molecule has 1 amide bonds. The molecule has 0 saturated heterocycles. The van der Waals surface area contributed by atoms with Crippen molar-refractivity contribution in [3.05, 3.63) is 80.4 Å². The molecule has 2 aromatic rings. The number of carbonyl (C=O) groups excluding carboxylic acids is 2. The zero-order valence-corrected chi connectivity index (χ0v) is 13.7. The number of amides is 1. The average Bonchev–Trinajstić information content (AvgIpc) is 2.65. The van der Waals surface area contributed by atoms with Gasteiger partial charge in [0.1, 0.15) is 0 Å². The van der Waals surface area contributed by atoms with Crippen LogP contribution in [-0.2, 0) is 14.3 Å². The maximum Gasteiger partial charge on any atom is 0.331 e. The fourth-order valence-corrected chi connectivity index (χ4v) is 1.95. The number of rotatable bonds is 7. The molecule has 10 nitrogen and oxygen atoms in total. The van der Waals surface area contributed by atoms with Gasteiger partial charge in [-0.2, -0.15) is 0 Å². The SMILES string of the molecule is O=C(COC(=O)C=Cc1ccc([N+](=O)[O-])cc1)Nc1cccc([N+](=O)[O-])c1. The van der Waals surface area contributed by atoms with Crippen LogP contribution in [0.4, 0.5) is 17.1 Å². The summed E-state index contributed by atoms with van der Waals surface area (Å²) in [7, 11) is 0. The van der Waals surface area contributed by atoms with Gasteiger partial charge in [0.05, 0.1) is 9.85 Å². The zero-order chi connectivity index (χ0) is 19.8. The number of nitrogens with one attached hydrogen (secondary N) is 1. The van der Waals surface area contributed by atoms with Crippen molar-refractivity contribution in [2.24, 2.45) is 0 Å². The van der Waals surface area contributed by atoms with Crippen LogP contribution in [0.15, 0.2) is 54.6 Å². The van der Waals surface area contributed by atoms with Crippen LogP contribution in [0.3, 0.4) is 0 Å². The molecule has 0 aliphatic carbocycles. The van der Waals surface area contributed by atoms with Crippen LogP contribution in [0.1, 0.15) is 5.56 Å². The Morgan fingerprint density at radius 1 is 1.00 bits per heavy atom. The molecule has 0 saturated carbocycles. The Morgan fingerprint density at radius 3 is 2.30 bits per heavy atom. The topological polar surface area (TPSA) is 142 Å². The molecule has 27 heavy (non-hydrogen) atoms. The van der Waals surface area contributed by atoms with Crippen LogP contribution in [-0.4, -0.2) is 28.3 Å². The number of hydrogen-bond acceptors (Lipinski definition) is 7. The van der Waals surface area contributed by atoms with E-state index in [9.17, 15) is 29.8 Å². The van der Waals surface area contributed by atoms with Gasteiger partial charge in [0.25, 0.3) is 17.3 Å². The normalized spacial score (nSPS) is 10.4. The summed E-state index contributed by atoms with van der Waals surface area (Å²) in [5, 5.41) is 23.6. The Morgan fingerprint density at radius 2 is 1.67 bits per heavy atom. The predicted octanol–water partition coefficient (Wildman–Crippen LogP) is 2.70. The smallest absolute Gasteiger partial charge is 0.331 e. The van der Waals surface area contributed by atoms with Crippen molar-refractivity contribution in [3.8, 4) is 0 Å². The molecule has 2 aromatic carbocycles. The molecule has 0 spiro atoms. The van der Waals surface area contributed by atoms with Crippen molar-refractivity contribution in [1.82, 2.24) is 0 Å². The lowest BCUT2D eigenvalue weighted by atomic mass is 10.2. The fraction of sp³-hybridized carbons (Fsp3) is 0.0588. The highest BCUT2D eigenvalue weighted by molar-refractivity contribution is 5.94. The summed E-state index contributed by atoms with van der Waals surface area (Å²) >= 11 is 0. The van der Waals surface area contributed by atoms with Crippen molar-refractivity contribution in [3.63, 3.8) is 0 Å². The fourth-order valence-electron chi connectivity index (χ4n) is 1.95. The lowest BCUT2D eigenvalue weighted by molar-refractivity contribution is -0.385. The van der Waals surface area contributed by atoms with E-state index in [1.165, 1.54) is 54.6 Å². The maximum atomic E-state index is 11.7. The second-order valence-corrected chi connectivity index (χ2v) is 5.15. The molecule has 0 unspecified atom stereocenters. The molecule has 0 fully saturated rings. The van der Waals surface area contributed by atoms with Gasteiger partial charge in [-0.25, -0.2) is 4.79 Å². The van der Waals surface area contributed by atoms with Crippen LogP contribution in [0.25, 0.3) is 6.08 Å². The summed E-state index contributed by atoms with van der Waals surface area (Å²) in [5.41, 5.74) is 0.480. The quantitative estimate of drug-likeness (QED) is 0.341. The van der Waals surface area contributed by atoms with Gasteiger partial charge in [0.2, 0.25) is 0 Å². The number of nitrogens with zero attached hydrogens (tertiary/aromatic N) is 2. The van der Waals surface area contributed by atoms with Crippen LogP contribution in [0, 0.1) is 20.2 Å². The van der Waals surface area contributed by atoms with Crippen LogP contribution >= 0.6 is 0 Å². The van der Waals surface area contributed by atoms with Crippen molar-refractivity contribution >= 4 is 35.0 Å². The molecule has 0 atom stereocenters. The van der Waals surface area contributed by atoms with Crippen molar-refractivity contribution in [2.75, 3.05) is 11.9 Å². The molecular weight excluding hydrogens is 358 g/mol. The molecule has 1 N–H and O–H groups in total. The second-order valence-electron chi connectivity index (χ2n) is 5.15. The summed E-state index contributed by atoms with van der Waals surface area (Å²) in [6.07, 6.45) is 2.45. The number of nitro groups is 2. The first-order valence-electron chi connectivity index (χ1n) is 7.49. The number of ether oxygens (including phenoxy) is 1. The molecule has 0 aromatic heterocycles. The molecule has 138 valence electrons. The van der Waals surface area contributed by atoms with E-state index in [0.717, 1.165) is 6.08 Å². The predicted molar refractivity (Wildman–Crippen MR) is 94.8 cm³/mol. The molecule has 2 rings (SSSR count). The Bertz CT molecular complexity index is 907. The van der Waals surface area contributed by atoms with E-state index in [1.54, 1.807) is 0 Å². The van der Waals surface area contributed by atoms with E-state index in [1.807, 2.05) is 0 Å². The van der Waals surface area contributed by atoms with E-state index in [0.29, 0.717) is 5.56 Å². The first-order valence-corrected chi connectivity index (χ1v) is 7.49. The second kappa shape index (κ2) is 8.85. The van der Waals surface area contributed by atoms with Gasteiger partial charge in [-0.3, -0.25) is 25.0 Å². The summed E-state index contributed by atoms with van der Waals surface area (Å²) < 4.78 is 4.76. The Balaban J connectivity index is 1.84. The third-order valence-corrected chi connectivity index (χ3v) is 3.20. The summed E-state index contributed by atoms with van der Waals surface area (Å²) in [6, 6.07) is 10.8. The zero-order valence-electron chi connectivity index (χ0n) is 13.7. The number of carbonyl (C=O) groups is 2. The Hall–Kier alpha value is -4.08. The number of nitro benzene ring substituents is 2. The van der Waals surface area contributed by atoms with Gasteiger partial charge < -0.3 is 10.1 Å². The van der Waals surface area contributed by atoms with Gasteiger partial charge in [0.15, 0.2) is 6.61 Å². The van der Waals surface area contributed by atoms with Gasteiger partial charge in [-0.15, -0.1) is 0 Å². The Kier molecular flexibility index (Phi) is 6.31. The molecule has 0 radical (unpaired) electrons. The molecule has 0 aliphatic heterocycles. The number of anilines is 1. The number of hydrogen-bond donors (Lipinski definition) is 1. The highest BCUT2D eigenvalue weighted by atomic mass is 16.6. The largest absolute Gasteiger partial charge is 0.452 e. The van der Waals surface area contributed by atoms with E-state index in [4.69, 9.17) is 4.74 Å². The van der Waals surface area contributed by atoms with Crippen molar-refractivity contribution < 1.29 is 24.2 Å². The standard InChI is InChI=1S/C17H13N3O7/c21-16(18-13-2-1-3-15(10-13)20(25)26)11-27-17(22)9-6-12-4-7-14(8-5-12)19(23)24/h1-10H,11H2,(H,18,21). The van der Waals surface area contributed by atoms with Crippen LogP contribution in [0.5, 0.6) is 0 Å². The van der Waals surface area contributed by atoms with Gasteiger partial charge in [-0.1, -0.05) is 6.07 Å². The van der Waals surface area contributed by atoms with Gasteiger partial charge in [-0.05, 0) is 29.8 Å². The summed E-state index contributed by atoms with van der Waals surface area (Å²) in [4.78, 5) is 43.4. The van der Waals surface area contributed by atoms with Crippen molar-refractivity contribution in [1.29, 1.82) is 0 Å². The van der Waals surface area contributed by atoms with E-state index < -0.39 is 28.3 Å². The number of non-ortho nitro benzene ring substituents is 2. The van der Waals surface area contributed by atoms with Crippen LogP contribution in [0.2, 0.25) is 0 Å². The van der Waals surface area contributed by atoms with Gasteiger partial charge >= 0.3 is 5.97 Å². The van der Waals surface area contributed by atoms with Crippen LogP contribution < -0.4 is 5.32 Å². The average molecular weight is 371 g/mol. The van der Waals surface area contributed by atoms with E-state index >= 15 is 0 Å². The summed E-state index contributed by atoms with van der Waals surface area (Å²) in [5.74, 6) is -1.45. The van der Waals surface area contributed by atoms with E-state index in [-0.39, 0.29) is 17.1 Å². The van der Waals surface area contributed by atoms with Gasteiger partial charge in [0, 0.05) is 36.0 Å².